The van der Waals surface area contributed by atoms with Crippen LogP contribution < -0.4 is 15.5 Å². The first-order valence-electron chi connectivity index (χ1n) is 7.28. The average molecular weight is 357 g/mol. The molecule has 25 heavy (non-hydrogen) atoms. The predicted octanol–water partition coefficient (Wildman–Crippen LogP) is 2.29. The summed E-state index contributed by atoms with van der Waals surface area (Å²) >= 11 is 0. The van der Waals surface area contributed by atoms with Crippen molar-refractivity contribution in [2.24, 2.45) is 0 Å². The van der Waals surface area contributed by atoms with Gasteiger partial charge < -0.3 is 20.5 Å². The van der Waals surface area contributed by atoms with Crippen molar-refractivity contribution in [1.29, 1.82) is 0 Å². The number of carbonyl (C=O) groups excluding carboxylic acids is 2. The number of nitrogens with zero attached hydrogens (tertiary/aromatic N) is 1. The van der Waals surface area contributed by atoms with Crippen LogP contribution in [0.4, 0.5) is 29.7 Å². The Kier molecular flexibility index (Phi) is 4.82. The zero-order chi connectivity index (χ0) is 18.9. The number of fused-ring (bicyclic) bond motifs is 1. The number of anilines is 2. The molecule has 0 fully saturated rings. The van der Waals surface area contributed by atoms with E-state index >= 15 is 0 Å². The molecular formula is C15H17F2N3O5. The van der Waals surface area contributed by atoms with Crippen molar-refractivity contribution in [3.05, 3.63) is 23.8 Å². The minimum absolute atomic E-state index is 0.222. The zero-order valence-electron chi connectivity index (χ0n) is 13.7. The Hall–Kier alpha value is -2.91. The molecule has 0 aromatic heterocycles. The smallest absolute Gasteiger partial charge is 0.411 e. The lowest BCUT2D eigenvalue weighted by Gasteiger charge is -2.24. The Bertz CT molecular complexity index is 733. The Morgan fingerprint density at radius 1 is 1.32 bits per heavy atom. The van der Waals surface area contributed by atoms with Gasteiger partial charge in [0.05, 0.1) is 17.9 Å². The van der Waals surface area contributed by atoms with Crippen LogP contribution in [0.1, 0.15) is 20.8 Å². The molecule has 0 saturated carbocycles. The molecule has 0 saturated heterocycles. The average Bonchev–Trinajstić information content (AvgIpc) is 2.56. The monoisotopic (exact) mass is 357 g/mol. The molecule has 0 aliphatic carbocycles. The van der Waals surface area contributed by atoms with Gasteiger partial charge in [0.2, 0.25) is 5.91 Å². The molecule has 3 N–H and O–H groups in total. The third-order valence-electron chi connectivity index (χ3n) is 3.19. The summed E-state index contributed by atoms with van der Waals surface area (Å²) in [5.74, 6) is -3.30. The highest BCUT2D eigenvalue weighted by Crippen LogP contribution is 2.31. The van der Waals surface area contributed by atoms with Crippen LogP contribution in [0.3, 0.4) is 0 Å². The number of halogens is 2. The number of hydrogen-bond donors (Lipinski definition) is 3. The summed E-state index contributed by atoms with van der Waals surface area (Å²) in [6.07, 6.45) is -2.43. The highest BCUT2D eigenvalue weighted by molar-refractivity contribution is 6.04. The van der Waals surface area contributed by atoms with Gasteiger partial charge in [0.1, 0.15) is 11.6 Å². The van der Waals surface area contributed by atoms with Crippen LogP contribution in [-0.4, -0.2) is 41.4 Å². The molecule has 136 valence electrons. The third-order valence-corrected chi connectivity index (χ3v) is 3.19. The van der Waals surface area contributed by atoms with Gasteiger partial charge >= 0.3 is 12.2 Å². The maximum Gasteiger partial charge on any atom is 0.411 e. The SMILES string of the molecule is CC(C)(C)OC(=O)N[C@H]1CN(C(=O)O)c2cc(F)c(F)cc2NC1=O. The predicted molar refractivity (Wildman–Crippen MR) is 83.5 cm³/mol. The van der Waals surface area contributed by atoms with Crippen LogP contribution in [0.5, 0.6) is 0 Å². The van der Waals surface area contributed by atoms with Gasteiger partial charge in [-0.1, -0.05) is 0 Å². The van der Waals surface area contributed by atoms with Crippen LogP contribution in [0.15, 0.2) is 12.1 Å². The minimum atomic E-state index is -1.50. The lowest BCUT2D eigenvalue weighted by molar-refractivity contribution is -0.117. The standard InChI is InChI=1S/C15H17F2N3O5/c1-15(2,3)25-13(22)19-10-6-20(14(23)24)11-5-8(17)7(16)4-9(11)18-12(10)21/h4-5,10H,6H2,1-3H3,(H,18,21)(H,19,22)(H,23,24)/t10-/m0/s1. The van der Waals surface area contributed by atoms with E-state index in [1.54, 1.807) is 20.8 Å². The molecule has 0 radical (unpaired) electrons. The highest BCUT2D eigenvalue weighted by atomic mass is 19.2. The van der Waals surface area contributed by atoms with Gasteiger partial charge in [-0.25, -0.2) is 18.4 Å². The summed E-state index contributed by atoms with van der Waals surface area (Å²) in [6.45, 7) is 4.35. The Morgan fingerprint density at radius 2 is 1.92 bits per heavy atom. The molecule has 1 aliphatic rings. The molecule has 1 aromatic carbocycles. The number of hydrogen-bond acceptors (Lipinski definition) is 4. The minimum Gasteiger partial charge on any atom is -0.465 e. The summed E-state index contributed by atoms with van der Waals surface area (Å²) in [6, 6.07) is 0.0213. The number of amides is 3. The fourth-order valence-electron chi connectivity index (χ4n) is 2.19. The maximum atomic E-state index is 13.5. The van der Waals surface area contributed by atoms with Gasteiger partial charge in [0.25, 0.3) is 0 Å². The van der Waals surface area contributed by atoms with Gasteiger partial charge in [0, 0.05) is 12.1 Å². The number of rotatable bonds is 1. The van der Waals surface area contributed by atoms with Gasteiger partial charge in [-0.3, -0.25) is 9.69 Å². The van der Waals surface area contributed by atoms with Crippen LogP contribution >= 0.6 is 0 Å². The lowest BCUT2D eigenvalue weighted by atomic mass is 10.2. The second-order valence-corrected chi connectivity index (χ2v) is 6.36. The van der Waals surface area contributed by atoms with Crippen molar-refractivity contribution < 1.29 is 33.0 Å². The molecule has 10 heteroatoms. The Morgan fingerprint density at radius 3 is 2.48 bits per heavy atom. The summed E-state index contributed by atoms with van der Waals surface area (Å²) in [5.41, 5.74) is -1.29. The molecule has 1 heterocycles. The van der Waals surface area contributed by atoms with E-state index in [1.165, 1.54) is 0 Å². The largest absolute Gasteiger partial charge is 0.465 e. The number of ether oxygens (including phenoxy) is 1. The van der Waals surface area contributed by atoms with E-state index in [0.717, 1.165) is 0 Å². The Balaban J connectivity index is 2.32. The molecular weight excluding hydrogens is 340 g/mol. The van der Waals surface area contributed by atoms with E-state index in [2.05, 4.69) is 10.6 Å². The second kappa shape index (κ2) is 6.54. The summed E-state index contributed by atoms with van der Waals surface area (Å²) < 4.78 is 31.9. The fraction of sp³-hybridized carbons (Fsp3) is 0.400. The van der Waals surface area contributed by atoms with Gasteiger partial charge in [0.15, 0.2) is 11.6 Å². The van der Waals surface area contributed by atoms with E-state index in [1.807, 2.05) is 0 Å². The summed E-state index contributed by atoms with van der Waals surface area (Å²) in [5, 5.41) is 13.8. The van der Waals surface area contributed by atoms with Crippen molar-refractivity contribution in [3.8, 4) is 0 Å². The van der Waals surface area contributed by atoms with Crippen LogP contribution in [0, 0.1) is 11.6 Å². The van der Waals surface area contributed by atoms with Crippen molar-refractivity contribution in [2.75, 3.05) is 16.8 Å². The summed E-state index contributed by atoms with van der Waals surface area (Å²) in [4.78, 5) is 36.2. The van der Waals surface area contributed by atoms with E-state index in [0.29, 0.717) is 17.0 Å². The molecule has 0 unspecified atom stereocenters. The second-order valence-electron chi connectivity index (χ2n) is 6.36. The Labute approximate surface area is 141 Å². The molecule has 0 spiro atoms. The quantitative estimate of drug-likeness (QED) is 0.715. The maximum absolute atomic E-state index is 13.5. The van der Waals surface area contributed by atoms with Crippen molar-refractivity contribution in [2.45, 2.75) is 32.4 Å². The first kappa shape index (κ1) is 18.4. The molecule has 1 aliphatic heterocycles. The van der Waals surface area contributed by atoms with E-state index in [9.17, 15) is 28.3 Å². The molecule has 1 aromatic rings. The highest BCUT2D eigenvalue weighted by Gasteiger charge is 2.34. The van der Waals surface area contributed by atoms with Gasteiger partial charge in [-0.05, 0) is 20.8 Å². The number of carbonyl (C=O) groups is 3. The van der Waals surface area contributed by atoms with E-state index in [-0.39, 0.29) is 11.4 Å². The van der Waals surface area contributed by atoms with E-state index < -0.39 is 47.9 Å². The molecule has 8 nitrogen and oxygen atoms in total. The van der Waals surface area contributed by atoms with Crippen molar-refractivity contribution in [1.82, 2.24) is 5.32 Å². The normalized spacial score (nSPS) is 17.2. The van der Waals surface area contributed by atoms with Crippen LogP contribution in [0.25, 0.3) is 0 Å². The molecule has 3 amide bonds. The molecule has 0 bridgehead atoms. The number of carboxylic acid groups (broad SMARTS) is 1. The number of nitrogens with one attached hydrogen (secondary N) is 2. The number of benzene rings is 1. The van der Waals surface area contributed by atoms with Crippen molar-refractivity contribution >= 4 is 29.5 Å². The lowest BCUT2D eigenvalue weighted by Crippen LogP contribution is -2.51. The zero-order valence-corrected chi connectivity index (χ0v) is 13.7. The van der Waals surface area contributed by atoms with Gasteiger partial charge in [-0.15, -0.1) is 0 Å². The van der Waals surface area contributed by atoms with Gasteiger partial charge in [-0.2, -0.15) is 0 Å². The van der Waals surface area contributed by atoms with E-state index in [4.69, 9.17) is 4.74 Å². The topological polar surface area (TPSA) is 108 Å². The molecule has 1 atom stereocenters. The van der Waals surface area contributed by atoms with Crippen LogP contribution in [0.2, 0.25) is 0 Å². The first-order valence-corrected chi connectivity index (χ1v) is 7.28. The first-order chi connectivity index (χ1) is 11.5. The van der Waals surface area contributed by atoms with Crippen LogP contribution in [-0.2, 0) is 9.53 Å². The van der Waals surface area contributed by atoms with Crippen molar-refractivity contribution in [3.63, 3.8) is 0 Å². The summed E-state index contributed by atoms with van der Waals surface area (Å²) in [7, 11) is 0. The number of alkyl carbamates (subject to hydrolysis) is 1. The molecule has 2 rings (SSSR count). The third kappa shape index (κ3) is 4.34. The fourth-order valence-corrected chi connectivity index (χ4v) is 2.19.